The predicted molar refractivity (Wildman–Crippen MR) is 123 cm³/mol. The van der Waals surface area contributed by atoms with E-state index < -0.39 is 17.7 Å². The minimum atomic E-state index is -0.832. The standard InChI is InChI=1S/C24H23N3O4S/c1-25-10-12-26(13-11-25)16-6-8-17(9-7-16)27-21(18-4-2-14-31-18)20(23(29)24(27)30)22(28)19-5-3-15-32-19/h2-9,14-15,21,29H,10-13H2,1H3. The molecule has 4 heterocycles. The molecule has 1 N–H and O–H groups in total. The molecule has 8 heteroatoms. The number of rotatable bonds is 5. The molecule has 1 amide bonds. The first-order valence-corrected chi connectivity index (χ1v) is 11.3. The van der Waals surface area contributed by atoms with E-state index in [0.717, 1.165) is 31.9 Å². The van der Waals surface area contributed by atoms with Gasteiger partial charge in [0.1, 0.15) is 11.8 Å². The van der Waals surface area contributed by atoms with Crippen LogP contribution in [0.4, 0.5) is 11.4 Å². The first-order valence-electron chi connectivity index (χ1n) is 10.5. The van der Waals surface area contributed by atoms with Crippen LogP contribution in [0.25, 0.3) is 0 Å². The molecule has 1 aromatic carbocycles. The van der Waals surface area contributed by atoms with Crippen molar-refractivity contribution in [2.24, 2.45) is 0 Å². The van der Waals surface area contributed by atoms with E-state index in [1.165, 1.54) is 22.5 Å². The number of Topliss-reactive ketones (excluding diaryl/α,β-unsaturated/α-hetero) is 1. The van der Waals surface area contributed by atoms with Gasteiger partial charge in [-0.3, -0.25) is 14.5 Å². The number of hydrogen-bond acceptors (Lipinski definition) is 7. The Hall–Kier alpha value is -3.36. The molecule has 1 fully saturated rings. The summed E-state index contributed by atoms with van der Waals surface area (Å²) in [5, 5.41) is 12.5. The number of ketones is 1. The number of benzene rings is 1. The van der Waals surface area contributed by atoms with Crippen LogP contribution < -0.4 is 9.80 Å². The van der Waals surface area contributed by atoms with Crippen LogP contribution >= 0.6 is 11.3 Å². The molecule has 0 spiro atoms. The number of piperazine rings is 1. The highest BCUT2D eigenvalue weighted by molar-refractivity contribution is 7.12. The number of likely N-dealkylation sites (N-methyl/N-ethyl adjacent to an activating group) is 1. The second-order valence-corrected chi connectivity index (χ2v) is 8.92. The summed E-state index contributed by atoms with van der Waals surface area (Å²) in [5.41, 5.74) is 1.71. The Labute approximate surface area is 189 Å². The molecule has 0 bridgehead atoms. The number of carbonyl (C=O) groups is 2. The normalized spacial score (nSPS) is 19.8. The molecule has 32 heavy (non-hydrogen) atoms. The van der Waals surface area contributed by atoms with E-state index in [-0.39, 0.29) is 11.4 Å². The highest BCUT2D eigenvalue weighted by atomic mass is 32.1. The zero-order valence-corrected chi connectivity index (χ0v) is 18.4. The largest absolute Gasteiger partial charge is 0.503 e. The summed E-state index contributed by atoms with van der Waals surface area (Å²) in [6.07, 6.45) is 1.50. The van der Waals surface area contributed by atoms with Crippen molar-refractivity contribution >= 4 is 34.4 Å². The van der Waals surface area contributed by atoms with Crippen molar-refractivity contribution in [3.8, 4) is 0 Å². The zero-order chi connectivity index (χ0) is 22.2. The lowest BCUT2D eigenvalue weighted by atomic mass is 10.00. The number of aliphatic hydroxyl groups is 1. The number of carbonyl (C=O) groups excluding carboxylic acids is 2. The van der Waals surface area contributed by atoms with Gasteiger partial charge in [0, 0.05) is 37.6 Å². The third-order valence-electron chi connectivity index (χ3n) is 6.01. The maximum atomic E-state index is 13.2. The van der Waals surface area contributed by atoms with Gasteiger partial charge >= 0.3 is 0 Å². The van der Waals surface area contributed by atoms with Gasteiger partial charge in [-0.25, -0.2) is 0 Å². The molecular weight excluding hydrogens is 426 g/mol. The van der Waals surface area contributed by atoms with Crippen molar-refractivity contribution in [1.29, 1.82) is 0 Å². The van der Waals surface area contributed by atoms with E-state index in [2.05, 4.69) is 16.8 Å². The number of thiophene rings is 1. The van der Waals surface area contributed by atoms with Crippen molar-refractivity contribution in [2.75, 3.05) is 43.0 Å². The van der Waals surface area contributed by atoms with Gasteiger partial charge in [-0.15, -0.1) is 11.3 Å². The van der Waals surface area contributed by atoms with Gasteiger partial charge in [0.05, 0.1) is 16.7 Å². The minimum Gasteiger partial charge on any atom is -0.503 e. The predicted octanol–water partition coefficient (Wildman–Crippen LogP) is 3.88. The van der Waals surface area contributed by atoms with Gasteiger partial charge < -0.3 is 19.3 Å². The molecule has 2 aromatic heterocycles. The Kier molecular flexibility index (Phi) is 5.32. The quantitative estimate of drug-likeness (QED) is 0.596. The molecule has 3 aromatic rings. The number of amides is 1. The van der Waals surface area contributed by atoms with Crippen LogP contribution in [-0.4, -0.2) is 54.9 Å². The second kappa shape index (κ2) is 8.29. The van der Waals surface area contributed by atoms with Crippen LogP contribution in [0.1, 0.15) is 21.5 Å². The maximum Gasteiger partial charge on any atom is 0.294 e. The lowest BCUT2D eigenvalue weighted by molar-refractivity contribution is -0.117. The van der Waals surface area contributed by atoms with Crippen LogP contribution in [0.2, 0.25) is 0 Å². The molecule has 1 unspecified atom stereocenters. The van der Waals surface area contributed by atoms with Gasteiger partial charge in [-0.05, 0) is 54.9 Å². The summed E-state index contributed by atoms with van der Waals surface area (Å²) in [6.45, 7) is 3.88. The van der Waals surface area contributed by atoms with Gasteiger partial charge in [0.25, 0.3) is 5.91 Å². The van der Waals surface area contributed by atoms with E-state index in [4.69, 9.17) is 4.42 Å². The summed E-state index contributed by atoms with van der Waals surface area (Å²) < 4.78 is 5.59. The number of aliphatic hydroxyl groups excluding tert-OH is 1. The fourth-order valence-electron chi connectivity index (χ4n) is 4.25. The summed E-state index contributed by atoms with van der Waals surface area (Å²) in [5.74, 6) is -1.10. The third kappa shape index (κ3) is 3.51. The first-order chi connectivity index (χ1) is 15.5. The molecular formula is C24H23N3O4S. The second-order valence-electron chi connectivity index (χ2n) is 7.97. The fourth-order valence-corrected chi connectivity index (χ4v) is 4.93. The van der Waals surface area contributed by atoms with Crippen LogP contribution in [0.15, 0.2) is 75.9 Å². The Morgan fingerprint density at radius 3 is 2.38 bits per heavy atom. The molecule has 5 rings (SSSR count). The summed E-state index contributed by atoms with van der Waals surface area (Å²) >= 11 is 1.27. The molecule has 164 valence electrons. The summed E-state index contributed by atoms with van der Waals surface area (Å²) in [4.78, 5) is 32.8. The Morgan fingerprint density at radius 1 is 1.03 bits per heavy atom. The molecule has 1 saturated heterocycles. The molecule has 7 nitrogen and oxygen atoms in total. The molecule has 1 atom stereocenters. The van der Waals surface area contributed by atoms with Gasteiger partial charge in [-0.2, -0.15) is 0 Å². The van der Waals surface area contributed by atoms with E-state index in [1.807, 2.05) is 24.3 Å². The number of nitrogens with zero attached hydrogens (tertiary/aromatic N) is 3. The van der Waals surface area contributed by atoms with Gasteiger partial charge in [-0.1, -0.05) is 6.07 Å². The van der Waals surface area contributed by atoms with Crippen molar-refractivity contribution < 1.29 is 19.1 Å². The summed E-state index contributed by atoms with van der Waals surface area (Å²) in [7, 11) is 2.11. The zero-order valence-electron chi connectivity index (χ0n) is 17.6. The SMILES string of the molecule is CN1CCN(c2ccc(N3C(=O)C(O)=C(C(=O)c4cccs4)C3c3ccco3)cc2)CC1. The molecule has 0 aliphatic carbocycles. The Balaban J connectivity index is 1.49. The van der Waals surface area contributed by atoms with Crippen LogP contribution in [0, 0.1) is 0 Å². The molecule has 0 radical (unpaired) electrons. The third-order valence-corrected chi connectivity index (χ3v) is 6.88. The van der Waals surface area contributed by atoms with Crippen molar-refractivity contribution in [3.05, 3.63) is 82.1 Å². The van der Waals surface area contributed by atoms with Gasteiger partial charge in [0.15, 0.2) is 5.76 Å². The maximum absolute atomic E-state index is 13.2. The van der Waals surface area contributed by atoms with E-state index in [1.54, 1.807) is 29.6 Å². The fraction of sp³-hybridized carbons (Fsp3) is 0.250. The number of furan rings is 1. The molecule has 2 aliphatic rings. The van der Waals surface area contributed by atoms with Crippen molar-refractivity contribution in [3.63, 3.8) is 0 Å². The Bertz CT molecular complexity index is 1140. The molecule has 2 aliphatic heterocycles. The average Bonchev–Trinajstić information content (AvgIpc) is 3.57. The highest BCUT2D eigenvalue weighted by Gasteiger charge is 2.46. The van der Waals surface area contributed by atoms with Crippen LogP contribution in [0.3, 0.4) is 0 Å². The lowest BCUT2D eigenvalue weighted by Crippen LogP contribution is -2.44. The van der Waals surface area contributed by atoms with Gasteiger partial charge in [0.2, 0.25) is 5.78 Å². The van der Waals surface area contributed by atoms with E-state index >= 15 is 0 Å². The smallest absolute Gasteiger partial charge is 0.294 e. The highest BCUT2D eigenvalue weighted by Crippen LogP contribution is 2.42. The van der Waals surface area contributed by atoms with E-state index in [0.29, 0.717) is 16.3 Å². The minimum absolute atomic E-state index is 0.0375. The first kappa shape index (κ1) is 20.5. The Morgan fingerprint density at radius 2 is 1.75 bits per heavy atom. The van der Waals surface area contributed by atoms with Crippen LogP contribution in [0.5, 0.6) is 0 Å². The monoisotopic (exact) mass is 449 g/mol. The lowest BCUT2D eigenvalue weighted by Gasteiger charge is -2.34. The topological polar surface area (TPSA) is 77.2 Å². The average molecular weight is 450 g/mol. The van der Waals surface area contributed by atoms with Crippen molar-refractivity contribution in [1.82, 2.24) is 4.90 Å². The number of hydrogen-bond donors (Lipinski definition) is 1. The summed E-state index contributed by atoms with van der Waals surface area (Å²) in [6, 6.07) is 13.7. The van der Waals surface area contributed by atoms with Crippen molar-refractivity contribution in [2.45, 2.75) is 6.04 Å². The van der Waals surface area contributed by atoms with E-state index in [9.17, 15) is 14.7 Å². The van der Waals surface area contributed by atoms with Crippen LogP contribution in [-0.2, 0) is 4.79 Å². The molecule has 0 saturated carbocycles. The number of anilines is 2.